The van der Waals surface area contributed by atoms with E-state index >= 15 is 0 Å². The molecular weight excluding hydrogens is 272 g/mol. The normalized spacial score (nSPS) is 10.0. The Morgan fingerprint density at radius 1 is 1.37 bits per heavy atom. The number of aromatic carboxylic acids is 1. The zero-order valence-electron chi connectivity index (χ0n) is 9.83. The second kappa shape index (κ2) is 5.53. The standard InChI is InChI=1S/C12H9ClN2O4/c1-18-7-2-3-9(8(4-7)12(16)17)19-11-6-14-5-10(13)15-11/h2-6H,1H3,(H,16,17). The molecule has 0 saturated heterocycles. The average Bonchev–Trinajstić information content (AvgIpc) is 2.39. The van der Waals surface area contributed by atoms with Crippen LogP contribution in [0.1, 0.15) is 10.4 Å². The molecule has 7 heteroatoms. The van der Waals surface area contributed by atoms with Gasteiger partial charge in [-0.15, -0.1) is 0 Å². The third-order valence-electron chi connectivity index (χ3n) is 2.21. The number of halogens is 1. The smallest absolute Gasteiger partial charge is 0.339 e. The number of aromatic nitrogens is 2. The molecular formula is C12H9ClN2O4. The van der Waals surface area contributed by atoms with Gasteiger partial charge in [-0.1, -0.05) is 11.6 Å². The van der Waals surface area contributed by atoms with Crippen molar-refractivity contribution in [1.82, 2.24) is 9.97 Å². The van der Waals surface area contributed by atoms with E-state index in [0.717, 1.165) is 0 Å². The largest absolute Gasteiger partial charge is 0.497 e. The first kappa shape index (κ1) is 13.1. The summed E-state index contributed by atoms with van der Waals surface area (Å²) in [4.78, 5) is 18.8. The number of nitrogens with zero attached hydrogens (tertiary/aromatic N) is 2. The van der Waals surface area contributed by atoms with Crippen molar-refractivity contribution in [1.29, 1.82) is 0 Å². The quantitative estimate of drug-likeness (QED) is 0.927. The van der Waals surface area contributed by atoms with Gasteiger partial charge in [0.15, 0.2) is 5.15 Å². The van der Waals surface area contributed by atoms with Crippen LogP contribution in [0.5, 0.6) is 17.4 Å². The molecule has 0 fully saturated rings. The van der Waals surface area contributed by atoms with Gasteiger partial charge >= 0.3 is 5.97 Å². The second-order valence-electron chi connectivity index (χ2n) is 3.45. The van der Waals surface area contributed by atoms with E-state index in [1.165, 1.54) is 31.6 Å². The number of hydrogen-bond acceptors (Lipinski definition) is 5. The van der Waals surface area contributed by atoms with Gasteiger partial charge in [0, 0.05) is 0 Å². The summed E-state index contributed by atoms with van der Waals surface area (Å²) >= 11 is 5.67. The molecule has 0 spiro atoms. The summed E-state index contributed by atoms with van der Waals surface area (Å²) in [6.07, 6.45) is 2.68. The van der Waals surface area contributed by atoms with Crippen molar-refractivity contribution >= 4 is 17.6 Å². The van der Waals surface area contributed by atoms with Crippen LogP contribution in [0.3, 0.4) is 0 Å². The lowest BCUT2D eigenvalue weighted by Gasteiger charge is -2.09. The van der Waals surface area contributed by atoms with E-state index in [0.29, 0.717) is 5.75 Å². The first-order valence-corrected chi connectivity index (χ1v) is 5.54. The van der Waals surface area contributed by atoms with E-state index in [4.69, 9.17) is 26.2 Å². The topological polar surface area (TPSA) is 81.5 Å². The molecule has 0 amide bonds. The Bertz CT molecular complexity index is 618. The summed E-state index contributed by atoms with van der Waals surface area (Å²) in [5.74, 6) is -0.476. The van der Waals surface area contributed by atoms with E-state index in [-0.39, 0.29) is 22.3 Å². The SMILES string of the molecule is COc1ccc(Oc2cncc(Cl)n2)c(C(=O)O)c1. The van der Waals surface area contributed by atoms with Crippen LogP contribution >= 0.6 is 11.6 Å². The Morgan fingerprint density at radius 3 is 2.79 bits per heavy atom. The highest BCUT2D eigenvalue weighted by Gasteiger charge is 2.14. The van der Waals surface area contributed by atoms with Crippen LogP contribution in [-0.2, 0) is 0 Å². The maximum absolute atomic E-state index is 11.1. The summed E-state index contributed by atoms with van der Waals surface area (Å²) in [6.45, 7) is 0. The summed E-state index contributed by atoms with van der Waals surface area (Å²) in [6, 6.07) is 4.42. The summed E-state index contributed by atoms with van der Waals surface area (Å²) in [5, 5.41) is 9.28. The number of carboxylic acid groups (broad SMARTS) is 1. The lowest BCUT2D eigenvalue weighted by atomic mass is 10.2. The number of hydrogen-bond donors (Lipinski definition) is 1. The molecule has 0 aliphatic carbocycles. The first-order valence-electron chi connectivity index (χ1n) is 5.17. The van der Waals surface area contributed by atoms with Crippen molar-refractivity contribution < 1.29 is 19.4 Å². The maximum atomic E-state index is 11.1. The van der Waals surface area contributed by atoms with E-state index in [9.17, 15) is 4.79 Å². The number of rotatable bonds is 4. The number of carbonyl (C=O) groups is 1. The average molecular weight is 281 g/mol. The van der Waals surface area contributed by atoms with Gasteiger partial charge < -0.3 is 14.6 Å². The van der Waals surface area contributed by atoms with E-state index in [1.807, 2.05) is 0 Å². The number of benzene rings is 1. The minimum atomic E-state index is -1.14. The molecule has 0 aliphatic rings. The van der Waals surface area contributed by atoms with Crippen molar-refractivity contribution in [3.05, 3.63) is 41.3 Å². The van der Waals surface area contributed by atoms with Crippen molar-refractivity contribution in [2.75, 3.05) is 7.11 Å². The zero-order chi connectivity index (χ0) is 13.8. The van der Waals surface area contributed by atoms with Crippen LogP contribution in [0, 0.1) is 0 Å². The minimum absolute atomic E-state index is 0.0406. The van der Waals surface area contributed by atoms with Gasteiger partial charge in [0.2, 0.25) is 5.88 Å². The highest BCUT2D eigenvalue weighted by Crippen LogP contribution is 2.28. The lowest BCUT2D eigenvalue weighted by molar-refractivity contribution is 0.0693. The molecule has 0 aliphatic heterocycles. The highest BCUT2D eigenvalue weighted by molar-refractivity contribution is 6.29. The van der Waals surface area contributed by atoms with Crippen LogP contribution in [0.2, 0.25) is 5.15 Å². The molecule has 1 aromatic heterocycles. The Labute approximate surface area is 113 Å². The van der Waals surface area contributed by atoms with Gasteiger partial charge in [-0.3, -0.25) is 4.98 Å². The highest BCUT2D eigenvalue weighted by atomic mass is 35.5. The van der Waals surface area contributed by atoms with Gasteiger partial charge in [0.25, 0.3) is 0 Å². The maximum Gasteiger partial charge on any atom is 0.339 e. The fourth-order valence-corrected chi connectivity index (χ4v) is 1.52. The molecule has 0 atom stereocenters. The number of ether oxygens (including phenoxy) is 2. The molecule has 6 nitrogen and oxygen atoms in total. The van der Waals surface area contributed by atoms with Crippen LogP contribution in [0.15, 0.2) is 30.6 Å². The molecule has 0 saturated carbocycles. The van der Waals surface area contributed by atoms with Crippen LogP contribution in [-0.4, -0.2) is 28.2 Å². The van der Waals surface area contributed by atoms with Gasteiger partial charge in [0.1, 0.15) is 17.1 Å². The van der Waals surface area contributed by atoms with E-state index in [1.54, 1.807) is 6.07 Å². The number of carboxylic acids is 1. The van der Waals surface area contributed by atoms with Crippen LogP contribution in [0.4, 0.5) is 0 Å². The Hall–Kier alpha value is -2.34. The third-order valence-corrected chi connectivity index (χ3v) is 2.40. The Balaban J connectivity index is 2.36. The Morgan fingerprint density at radius 2 is 2.16 bits per heavy atom. The van der Waals surface area contributed by atoms with Crippen molar-refractivity contribution in [3.63, 3.8) is 0 Å². The number of methoxy groups -OCH3 is 1. The van der Waals surface area contributed by atoms with Crippen molar-refractivity contribution in [2.24, 2.45) is 0 Å². The molecule has 2 rings (SSSR count). The van der Waals surface area contributed by atoms with Crippen LogP contribution in [0.25, 0.3) is 0 Å². The lowest BCUT2D eigenvalue weighted by Crippen LogP contribution is -2.01. The summed E-state index contributed by atoms with van der Waals surface area (Å²) in [7, 11) is 1.45. The predicted octanol–water partition coefficient (Wildman–Crippen LogP) is 2.63. The molecule has 19 heavy (non-hydrogen) atoms. The summed E-state index contributed by atoms with van der Waals surface area (Å²) < 4.78 is 10.3. The van der Waals surface area contributed by atoms with Crippen LogP contribution < -0.4 is 9.47 Å². The molecule has 1 N–H and O–H groups in total. The molecule has 1 aromatic carbocycles. The monoisotopic (exact) mass is 280 g/mol. The van der Waals surface area contributed by atoms with Gasteiger partial charge in [0.05, 0.1) is 19.5 Å². The third kappa shape index (κ3) is 3.11. The Kier molecular flexibility index (Phi) is 3.82. The minimum Gasteiger partial charge on any atom is -0.497 e. The molecule has 2 aromatic rings. The molecule has 0 bridgehead atoms. The fraction of sp³-hybridized carbons (Fsp3) is 0.0833. The fourth-order valence-electron chi connectivity index (χ4n) is 1.38. The van der Waals surface area contributed by atoms with Crippen molar-refractivity contribution in [3.8, 4) is 17.4 Å². The summed E-state index contributed by atoms with van der Waals surface area (Å²) in [5.41, 5.74) is -0.0406. The first-order chi connectivity index (χ1) is 9.10. The van der Waals surface area contributed by atoms with E-state index < -0.39 is 5.97 Å². The van der Waals surface area contributed by atoms with Crippen molar-refractivity contribution in [2.45, 2.75) is 0 Å². The predicted molar refractivity (Wildman–Crippen MR) is 67.1 cm³/mol. The molecule has 98 valence electrons. The molecule has 0 radical (unpaired) electrons. The molecule has 0 unspecified atom stereocenters. The zero-order valence-corrected chi connectivity index (χ0v) is 10.6. The van der Waals surface area contributed by atoms with Gasteiger partial charge in [-0.25, -0.2) is 4.79 Å². The molecule has 1 heterocycles. The van der Waals surface area contributed by atoms with E-state index in [2.05, 4.69) is 9.97 Å². The second-order valence-corrected chi connectivity index (χ2v) is 3.84. The van der Waals surface area contributed by atoms with Gasteiger partial charge in [-0.05, 0) is 18.2 Å². The van der Waals surface area contributed by atoms with Gasteiger partial charge in [-0.2, -0.15) is 4.98 Å².